The van der Waals surface area contributed by atoms with E-state index in [9.17, 15) is 24.0 Å². The fourth-order valence-electron chi connectivity index (χ4n) is 10.5. The topological polar surface area (TPSA) is 198 Å². The van der Waals surface area contributed by atoms with Crippen LogP contribution in [0.3, 0.4) is 0 Å². The minimum absolute atomic E-state index is 0.110. The zero-order valence-corrected chi connectivity index (χ0v) is 54.9. The number of esters is 5. The Morgan fingerprint density at radius 2 is 0.606 bits per heavy atom. The molecule has 0 unspecified atom stereocenters. The highest BCUT2D eigenvalue weighted by Crippen LogP contribution is 2.27. The molecular formula is C79H88N2O12S. The minimum atomic E-state index is -0.595. The Kier molecular flexibility index (Phi) is 32.4. The first-order chi connectivity index (χ1) is 46.1. The zero-order valence-electron chi connectivity index (χ0n) is 54.0. The molecule has 0 heterocycles. The quantitative estimate of drug-likeness (QED) is 0.0164. The van der Waals surface area contributed by atoms with Gasteiger partial charge in [-0.1, -0.05) is 164 Å². The standard InChI is InChI=1S/C79H88N2O12S/c80-58-60-26-30-62(31-27-60)64-34-46-72(47-35-64)92-78(85)66-38-42-70(43-39-66)87-50-20-14-8-2-4-10-16-22-52-89-76(83)68-55-69(57-74(56-68)91-75(82)25-19-13-7-1-6-12-18-24-54-94)77(84)90-53-23-17-11-5-3-9-15-21-51-88-71-44-40-67(41-45-71)79(86)93-73-48-36-65(37-49-73)63-32-28-61(59-81)29-33-63/h26-49,55-57,94H,1-25,50-54H2. The molecule has 0 saturated carbocycles. The number of thiol groups is 1. The molecule has 7 aromatic rings. The highest BCUT2D eigenvalue weighted by atomic mass is 32.1. The van der Waals surface area contributed by atoms with Crippen LogP contribution in [0, 0.1) is 22.7 Å². The van der Waals surface area contributed by atoms with Gasteiger partial charge < -0.3 is 33.2 Å². The predicted octanol–water partition coefficient (Wildman–Crippen LogP) is 19.3. The van der Waals surface area contributed by atoms with Crippen LogP contribution in [0.5, 0.6) is 28.7 Å². The van der Waals surface area contributed by atoms with Gasteiger partial charge in [0, 0.05) is 6.42 Å². The van der Waals surface area contributed by atoms with Gasteiger partial charge in [-0.3, -0.25) is 4.79 Å². The van der Waals surface area contributed by atoms with Crippen LogP contribution in [0.15, 0.2) is 164 Å². The van der Waals surface area contributed by atoms with Crippen LogP contribution < -0.4 is 23.7 Å². The van der Waals surface area contributed by atoms with Gasteiger partial charge in [-0.25, -0.2) is 19.2 Å². The Bertz CT molecular complexity index is 3290. The lowest BCUT2D eigenvalue weighted by Crippen LogP contribution is -2.13. The van der Waals surface area contributed by atoms with Crippen molar-refractivity contribution in [2.45, 2.75) is 161 Å². The fourth-order valence-corrected chi connectivity index (χ4v) is 10.8. The van der Waals surface area contributed by atoms with Gasteiger partial charge >= 0.3 is 29.8 Å². The van der Waals surface area contributed by atoms with E-state index in [0.717, 1.165) is 144 Å². The summed E-state index contributed by atoms with van der Waals surface area (Å²) in [6.45, 7) is 1.59. The maximum absolute atomic E-state index is 13.4. The monoisotopic (exact) mass is 1290 g/mol. The van der Waals surface area contributed by atoms with Gasteiger partial charge in [0.1, 0.15) is 28.7 Å². The van der Waals surface area contributed by atoms with Crippen LogP contribution >= 0.6 is 12.6 Å². The first-order valence-corrected chi connectivity index (χ1v) is 34.1. The molecule has 0 aliphatic heterocycles. The summed E-state index contributed by atoms with van der Waals surface area (Å²) in [5, 5.41) is 18.1. The third-order valence-corrected chi connectivity index (χ3v) is 16.3. The molecule has 7 rings (SSSR count). The van der Waals surface area contributed by atoms with Crippen molar-refractivity contribution in [1.29, 1.82) is 10.5 Å². The second kappa shape index (κ2) is 42.1. The summed E-state index contributed by atoms with van der Waals surface area (Å²) in [5.74, 6) is 0.751. The third-order valence-electron chi connectivity index (χ3n) is 16.0. The van der Waals surface area contributed by atoms with Crippen molar-refractivity contribution >= 4 is 42.5 Å². The van der Waals surface area contributed by atoms with Crippen molar-refractivity contribution in [2.75, 3.05) is 32.2 Å². The molecule has 0 N–H and O–H groups in total. The molecule has 492 valence electrons. The molecule has 0 aliphatic carbocycles. The highest BCUT2D eigenvalue weighted by molar-refractivity contribution is 7.80. The van der Waals surface area contributed by atoms with E-state index in [-0.39, 0.29) is 36.5 Å². The molecule has 7 aromatic carbocycles. The molecule has 0 atom stereocenters. The van der Waals surface area contributed by atoms with Crippen molar-refractivity contribution in [3.63, 3.8) is 0 Å². The van der Waals surface area contributed by atoms with E-state index in [1.165, 1.54) is 37.5 Å². The molecule has 0 fully saturated rings. The first kappa shape index (κ1) is 72.2. The Morgan fingerprint density at radius 3 is 0.957 bits per heavy atom. The summed E-state index contributed by atoms with van der Waals surface area (Å²) in [7, 11) is 0. The van der Waals surface area contributed by atoms with E-state index < -0.39 is 29.8 Å². The number of carbonyl (C=O) groups excluding carboxylic acids is 5. The second-order valence-electron chi connectivity index (χ2n) is 23.4. The van der Waals surface area contributed by atoms with Crippen LogP contribution in [-0.2, 0) is 14.3 Å². The first-order valence-electron chi connectivity index (χ1n) is 33.5. The van der Waals surface area contributed by atoms with E-state index in [1.807, 2.05) is 48.5 Å². The molecule has 0 spiro atoms. The summed E-state index contributed by atoms with van der Waals surface area (Å²) in [6.07, 6.45) is 24.3. The van der Waals surface area contributed by atoms with Gasteiger partial charge in [0.2, 0.25) is 0 Å². The summed E-state index contributed by atoms with van der Waals surface area (Å²) in [4.78, 5) is 65.3. The van der Waals surface area contributed by atoms with Crippen molar-refractivity contribution < 1.29 is 57.1 Å². The van der Waals surface area contributed by atoms with E-state index in [2.05, 4.69) is 24.8 Å². The molecule has 0 bridgehead atoms. The number of nitrogens with zero attached hydrogens (tertiary/aromatic N) is 2. The SMILES string of the molecule is N#Cc1ccc(-c2ccc(OC(=O)c3ccc(OCCCCCCCCCCOC(=O)c4cc(OC(=O)CCCCCCCCCCS)cc(C(=O)OCCCCCCCCCCOc5ccc(C(=O)Oc6ccc(-c7ccc(C#N)cc7)cc6)cc5)c4)cc3)cc2)cc1. The largest absolute Gasteiger partial charge is 0.494 e. The number of hydrogen-bond donors (Lipinski definition) is 1. The molecule has 14 nitrogen and oxygen atoms in total. The smallest absolute Gasteiger partial charge is 0.343 e. The van der Waals surface area contributed by atoms with Gasteiger partial charge in [-0.15, -0.1) is 0 Å². The summed E-state index contributed by atoms with van der Waals surface area (Å²) < 4.78 is 40.0. The molecule has 0 amide bonds. The van der Waals surface area contributed by atoms with Crippen LogP contribution in [0.2, 0.25) is 0 Å². The highest BCUT2D eigenvalue weighted by Gasteiger charge is 2.19. The number of ether oxygens (including phenoxy) is 7. The van der Waals surface area contributed by atoms with E-state index in [1.54, 1.807) is 97.1 Å². The molecule has 15 heteroatoms. The third kappa shape index (κ3) is 26.8. The van der Waals surface area contributed by atoms with Gasteiger partial charge in [-0.05, 0) is 182 Å². The van der Waals surface area contributed by atoms with Crippen LogP contribution in [0.25, 0.3) is 22.3 Å². The van der Waals surface area contributed by atoms with Crippen LogP contribution in [-0.4, -0.2) is 62.0 Å². The maximum atomic E-state index is 13.4. The molecule has 0 radical (unpaired) electrons. The zero-order chi connectivity index (χ0) is 66.2. The van der Waals surface area contributed by atoms with Crippen LogP contribution in [0.1, 0.15) is 213 Å². The summed E-state index contributed by atoms with van der Waals surface area (Å²) in [5.41, 5.74) is 6.11. The lowest BCUT2D eigenvalue weighted by molar-refractivity contribution is -0.134. The summed E-state index contributed by atoms with van der Waals surface area (Å²) >= 11 is 4.29. The van der Waals surface area contributed by atoms with Gasteiger partial charge in [0.05, 0.1) is 71.9 Å². The molecule has 0 saturated heterocycles. The number of rotatable bonds is 43. The minimum Gasteiger partial charge on any atom is -0.494 e. The van der Waals surface area contributed by atoms with E-state index in [4.69, 9.17) is 43.7 Å². The van der Waals surface area contributed by atoms with Crippen molar-refractivity contribution in [3.05, 3.63) is 197 Å². The second-order valence-corrected chi connectivity index (χ2v) is 23.8. The average Bonchev–Trinajstić information content (AvgIpc) is 1.62. The number of unbranched alkanes of at least 4 members (excludes halogenated alkanes) is 21. The Hall–Kier alpha value is -9.18. The predicted molar refractivity (Wildman–Crippen MR) is 369 cm³/mol. The van der Waals surface area contributed by atoms with Gasteiger partial charge in [-0.2, -0.15) is 23.2 Å². The average molecular weight is 1290 g/mol. The normalized spacial score (nSPS) is 10.8. The molecule has 0 aliphatic rings. The van der Waals surface area contributed by atoms with Gasteiger partial charge in [0.25, 0.3) is 0 Å². The van der Waals surface area contributed by atoms with Crippen molar-refractivity contribution in [2.24, 2.45) is 0 Å². The van der Waals surface area contributed by atoms with Crippen molar-refractivity contribution in [3.8, 4) is 63.1 Å². The molecule has 94 heavy (non-hydrogen) atoms. The van der Waals surface area contributed by atoms with E-state index in [0.29, 0.717) is 77.7 Å². The van der Waals surface area contributed by atoms with Gasteiger partial charge in [0.15, 0.2) is 0 Å². The van der Waals surface area contributed by atoms with Crippen molar-refractivity contribution in [1.82, 2.24) is 0 Å². The van der Waals surface area contributed by atoms with E-state index >= 15 is 0 Å². The molecular weight excluding hydrogens is 1200 g/mol. The Balaban J connectivity index is 0.724. The maximum Gasteiger partial charge on any atom is 0.343 e. The lowest BCUT2D eigenvalue weighted by atomic mass is 10.0. The molecule has 0 aromatic heterocycles. The number of nitriles is 2. The number of carbonyl (C=O) groups is 5. The summed E-state index contributed by atoms with van der Waals surface area (Å²) in [6, 6.07) is 51.6. The Labute approximate surface area is 560 Å². The lowest BCUT2D eigenvalue weighted by Gasteiger charge is -2.11. The Morgan fingerprint density at radius 1 is 0.298 bits per heavy atom. The number of hydrogen-bond acceptors (Lipinski definition) is 15. The number of benzene rings is 7. The van der Waals surface area contributed by atoms with Crippen LogP contribution in [0.4, 0.5) is 0 Å². The fraction of sp³-hybridized carbons (Fsp3) is 0.380.